The van der Waals surface area contributed by atoms with Crippen LogP contribution in [0.2, 0.25) is 0 Å². The van der Waals surface area contributed by atoms with E-state index in [4.69, 9.17) is 0 Å². The number of anilines is 1. The third-order valence-corrected chi connectivity index (χ3v) is 4.11. The monoisotopic (exact) mass is 304 g/mol. The average molecular weight is 305 g/mol. The molecule has 1 aliphatic rings. The van der Waals surface area contributed by atoms with E-state index >= 15 is 0 Å². The lowest BCUT2D eigenvalue weighted by Crippen LogP contribution is -2.15. The molecule has 1 aliphatic carbocycles. The second-order valence-electron chi connectivity index (χ2n) is 5.10. The van der Waals surface area contributed by atoms with Gasteiger partial charge in [0.25, 0.3) is 0 Å². The largest absolute Gasteiger partial charge is 0.382 e. The van der Waals surface area contributed by atoms with Gasteiger partial charge in [0, 0.05) is 27.3 Å². The minimum Gasteiger partial charge on any atom is -0.382 e. The van der Waals surface area contributed by atoms with Crippen molar-refractivity contribution in [3.05, 3.63) is 34.4 Å². The highest BCUT2D eigenvalue weighted by molar-refractivity contribution is 9.10. The van der Waals surface area contributed by atoms with Crippen LogP contribution in [0.15, 0.2) is 28.7 Å². The van der Waals surface area contributed by atoms with Crippen LogP contribution in [0.4, 0.5) is 5.69 Å². The molecule has 0 spiro atoms. The Balaban J connectivity index is 2.05. The standard InChI is InChI=1S/C15H17BrN2/c1-10-8-15(18-12-4-2-3-5-12)13-9-11(16)6-7-14(13)17-10/h6-9,12H,2-5H2,1H3,(H,17,18). The van der Waals surface area contributed by atoms with Gasteiger partial charge in [-0.25, -0.2) is 0 Å². The number of hydrogen-bond donors (Lipinski definition) is 1. The molecule has 0 amide bonds. The Morgan fingerprint density at radius 1 is 1.22 bits per heavy atom. The van der Waals surface area contributed by atoms with E-state index in [2.05, 4.69) is 51.4 Å². The molecule has 0 atom stereocenters. The molecule has 1 N–H and O–H groups in total. The Bertz CT molecular complexity index is 574. The first-order valence-electron chi connectivity index (χ1n) is 6.56. The van der Waals surface area contributed by atoms with Gasteiger partial charge in [-0.15, -0.1) is 0 Å². The van der Waals surface area contributed by atoms with Crippen molar-refractivity contribution in [2.24, 2.45) is 0 Å². The lowest BCUT2D eigenvalue weighted by molar-refractivity contribution is 0.756. The zero-order chi connectivity index (χ0) is 12.5. The minimum atomic E-state index is 0.633. The number of rotatable bonds is 2. The van der Waals surface area contributed by atoms with Crippen LogP contribution in [-0.4, -0.2) is 11.0 Å². The number of hydrogen-bond acceptors (Lipinski definition) is 2. The van der Waals surface area contributed by atoms with Crippen LogP contribution in [0.25, 0.3) is 10.9 Å². The molecular formula is C15H17BrN2. The summed E-state index contributed by atoms with van der Waals surface area (Å²) >= 11 is 3.54. The van der Waals surface area contributed by atoms with Crippen LogP contribution in [0.1, 0.15) is 31.4 Å². The summed E-state index contributed by atoms with van der Waals surface area (Å²) in [6.07, 6.45) is 5.28. The molecule has 18 heavy (non-hydrogen) atoms. The summed E-state index contributed by atoms with van der Waals surface area (Å²) in [6, 6.07) is 9.07. The SMILES string of the molecule is Cc1cc(NC2CCCC2)c2cc(Br)ccc2n1. The van der Waals surface area contributed by atoms with E-state index in [1.807, 2.05) is 6.07 Å². The molecule has 3 rings (SSSR count). The first kappa shape index (κ1) is 12.0. The summed E-state index contributed by atoms with van der Waals surface area (Å²) in [6.45, 7) is 2.06. The topological polar surface area (TPSA) is 24.9 Å². The van der Waals surface area contributed by atoms with Gasteiger partial charge in [-0.2, -0.15) is 0 Å². The lowest BCUT2D eigenvalue weighted by atomic mass is 10.1. The van der Waals surface area contributed by atoms with Gasteiger partial charge >= 0.3 is 0 Å². The van der Waals surface area contributed by atoms with Crippen LogP contribution in [-0.2, 0) is 0 Å². The van der Waals surface area contributed by atoms with Gasteiger partial charge < -0.3 is 5.32 Å². The maximum atomic E-state index is 4.59. The summed E-state index contributed by atoms with van der Waals surface area (Å²) in [5, 5.41) is 4.90. The summed E-state index contributed by atoms with van der Waals surface area (Å²) in [7, 11) is 0. The number of aromatic nitrogens is 1. The zero-order valence-electron chi connectivity index (χ0n) is 10.5. The van der Waals surface area contributed by atoms with Crippen molar-refractivity contribution < 1.29 is 0 Å². The van der Waals surface area contributed by atoms with E-state index < -0.39 is 0 Å². The molecule has 0 radical (unpaired) electrons. The molecule has 1 aromatic carbocycles. The average Bonchev–Trinajstić information content (AvgIpc) is 2.83. The Kier molecular flexibility index (Phi) is 3.25. The van der Waals surface area contributed by atoms with Crippen molar-refractivity contribution >= 4 is 32.5 Å². The molecule has 2 nitrogen and oxygen atoms in total. The third-order valence-electron chi connectivity index (χ3n) is 3.61. The van der Waals surface area contributed by atoms with Gasteiger partial charge in [0.2, 0.25) is 0 Å². The molecule has 94 valence electrons. The summed E-state index contributed by atoms with van der Waals surface area (Å²) in [5.41, 5.74) is 3.37. The van der Waals surface area contributed by atoms with E-state index in [9.17, 15) is 0 Å². The minimum absolute atomic E-state index is 0.633. The van der Waals surface area contributed by atoms with Crippen molar-refractivity contribution in [1.82, 2.24) is 4.98 Å². The van der Waals surface area contributed by atoms with E-state index in [0.717, 1.165) is 15.7 Å². The Morgan fingerprint density at radius 3 is 2.78 bits per heavy atom. The number of aryl methyl sites for hydroxylation is 1. The quantitative estimate of drug-likeness (QED) is 0.873. The number of nitrogens with one attached hydrogen (secondary N) is 1. The van der Waals surface area contributed by atoms with Gasteiger partial charge in [-0.05, 0) is 44.0 Å². The molecule has 2 aromatic rings. The number of benzene rings is 1. The highest BCUT2D eigenvalue weighted by Gasteiger charge is 2.16. The van der Waals surface area contributed by atoms with E-state index in [1.54, 1.807) is 0 Å². The van der Waals surface area contributed by atoms with Crippen LogP contribution >= 0.6 is 15.9 Å². The fourth-order valence-corrected chi connectivity index (χ4v) is 3.10. The second-order valence-corrected chi connectivity index (χ2v) is 6.01. The first-order chi connectivity index (χ1) is 8.72. The van der Waals surface area contributed by atoms with Crippen LogP contribution in [0.3, 0.4) is 0 Å². The molecular weight excluding hydrogens is 288 g/mol. The van der Waals surface area contributed by atoms with Crippen molar-refractivity contribution in [2.75, 3.05) is 5.32 Å². The molecule has 0 aliphatic heterocycles. The predicted molar refractivity (Wildman–Crippen MR) is 80.1 cm³/mol. The number of pyridine rings is 1. The van der Waals surface area contributed by atoms with Crippen molar-refractivity contribution in [3.8, 4) is 0 Å². The second kappa shape index (κ2) is 4.88. The lowest BCUT2D eigenvalue weighted by Gasteiger charge is -2.16. The Hall–Kier alpha value is -1.09. The highest BCUT2D eigenvalue weighted by atomic mass is 79.9. The van der Waals surface area contributed by atoms with Crippen LogP contribution in [0, 0.1) is 6.92 Å². The number of fused-ring (bicyclic) bond motifs is 1. The third kappa shape index (κ3) is 2.37. The van der Waals surface area contributed by atoms with Gasteiger partial charge in [0.1, 0.15) is 0 Å². The van der Waals surface area contributed by atoms with Crippen molar-refractivity contribution in [3.63, 3.8) is 0 Å². The molecule has 1 aromatic heterocycles. The van der Waals surface area contributed by atoms with Gasteiger partial charge in [0.05, 0.1) is 5.52 Å². The van der Waals surface area contributed by atoms with E-state index in [0.29, 0.717) is 6.04 Å². The normalized spacial score (nSPS) is 16.3. The molecule has 1 heterocycles. The molecule has 0 bridgehead atoms. The number of nitrogens with zero attached hydrogens (tertiary/aromatic N) is 1. The van der Waals surface area contributed by atoms with Gasteiger partial charge in [0.15, 0.2) is 0 Å². The maximum Gasteiger partial charge on any atom is 0.0726 e. The number of halogens is 1. The fraction of sp³-hybridized carbons (Fsp3) is 0.400. The Labute approximate surface area is 116 Å². The van der Waals surface area contributed by atoms with Gasteiger partial charge in [-0.1, -0.05) is 28.8 Å². The smallest absolute Gasteiger partial charge is 0.0726 e. The van der Waals surface area contributed by atoms with E-state index in [1.165, 1.54) is 36.8 Å². The molecule has 0 unspecified atom stereocenters. The molecule has 0 saturated heterocycles. The van der Waals surface area contributed by atoms with Crippen molar-refractivity contribution in [2.45, 2.75) is 38.6 Å². The maximum absolute atomic E-state index is 4.59. The highest BCUT2D eigenvalue weighted by Crippen LogP contribution is 2.29. The Morgan fingerprint density at radius 2 is 2.00 bits per heavy atom. The van der Waals surface area contributed by atoms with Gasteiger partial charge in [-0.3, -0.25) is 4.98 Å². The molecule has 1 fully saturated rings. The first-order valence-corrected chi connectivity index (χ1v) is 7.35. The van der Waals surface area contributed by atoms with E-state index in [-0.39, 0.29) is 0 Å². The van der Waals surface area contributed by atoms with Crippen LogP contribution in [0.5, 0.6) is 0 Å². The summed E-state index contributed by atoms with van der Waals surface area (Å²) < 4.78 is 1.11. The van der Waals surface area contributed by atoms with Crippen LogP contribution < -0.4 is 5.32 Å². The summed E-state index contributed by atoms with van der Waals surface area (Å²) in [4.78, 5) is 4.59. The van der Waals surface area contributed by atoms with Crippen molar-refractivity contribution in [1.29, 1.82) is 0 Å². The fourth-order valence-electron chi connectivity index (χ4n) is 2.74. The summed E-state index contributed by atoms with van der Waals surface area (Å²) in [5.74, 6) is 0. The molecule has 1 saturated carbocycles. The molecule has 3 heteroatoms. The zero-order valence-corrected chi connectivity index (χ0v) is 12.1. The predicted octanol–water partition coefficient (Wildman–Crippen LogP) is 4.66.